The van der Waals surface area contributed by atoms with E-state index in [1.165, 1.54) is 32.1 Å². The van der Waals surface area contributed by atoms with Crippen LogP contribution in [0.15, 0.2) is 24.4 Å². The van der Waals surface area contributed by atoms with Gasteiger partial charge in [-0.25, -0.2) is 4.79 Å². The third-order valence-corrected chi connectivity index (χ3v) is 29.1. The van der Waals surface area contributed by atoms with Crippen LogP contribution >= 0.6 is 0 Å². The van der Waals surface area contributed by atoms with Crippen LogP contribution in [-0.4, -0.2) is 230 Å². The van der Waals surface area contributed by atoms with Crippen LogP contribution in [-0.2, 0) is 94.2 Å². The predicted octanol–water partition coefficient (Wildman–Crippen LogP) is 7.27. The van der Waals surface area contributed by atoms with E-state index in [4.69, 9.17) is 107 Å². The van der Waals surface area contributed by atoms with Crippen LogP contribution in [0.3, 0.4) is 0 Å². The number of unbranched alkanes of at least 4 members (excludes halogenated alkanes) is 6. The summed E-state index contributed by atoms with van der Waals surface area (Å²) < 4.78 is 105. The van der Waals surface area contributed by atoms with Crippen LogP contribution in [0, 0.1) is 0 Å². The normalized spacial score (nSPS) is 13.4. The van der Waals surface area contributed by atoms with Crippen LogP contribution in [0.4, 0.5) is 0 Å². The molecule has 81 heavy (non-hydrogen) atoms. The monoisotopic (exact) mass is 1280 g/mol. The van der Waals surface area contributed by atoms with E-state index >= 15 is 0 Å². The average molecular weight is 1280 g/mol. The van der Waals surface area contributed by atoms with Crippen molar-refractivity contribution < 1.29 is 94.2 Å². The molecule has 0 radical (unpaired) electrons. The highest BCUT2D eigenvalue weighted by Gasteiger charge is 2.40. The third-order valence-electron chi connectivity index (χ3n) is 12.3. The molecule has 1 aliphatic heterocycles. The van der Waals surface area contributed by atoms with Crippen molar-refractivity contribution in [2.45, 2.75) is 141 Å². The fraction of sp³-hybridized carbons (Fsp3) is 0.902. The van der Waals surface area contributed by atoms with Crippen LogP contribution in [0.1, 0.15) is 98.3 Å². The maximum Gasteiger partial charge on any atom is 0.528 e. The zero-order valence-electron chi connectivity index (χ0n) is 54.3. The van der Waals surface area contributed by atoms with Crippen molar-refractivity contribution in [3.05, 3.63) is 24.4 Å². The second kappa shape index (κ2) is 58.4. The lowest BCUT2D eigenvalue weighted by molar-refractivity contribution is -0.139. The molecule has 0 spiro atoms. The number of hydrogen-bond acceptors (Lipinski definition) is 24. The van der Waals surface area contributed by atoms with E-state index in [0.29, 0.717) is 70.3 Å². The zero-order chi connectivity index (χ0) is 63.0. The largest absolute Gasteiger partial charge is 0.528 e. The zero-order valence-corrected chi connectivity index (χ0v) is 60.3. The number of ether oxygens (including phenoxy) is 3. The molecule has 0 aromatic carbocycles. The van der Waals surface area contributed by atoms with Gasteiger partial charge in [0.25, 0.3) is 0 Å². The molecule has 1 saturated heterocycles. The van der Waals surface area contributed by atoms with Crippen LogP contribution in [0.2, 0.25) is 36.8 Å². The van der Waals surface area contributed by atoms with Gasteiger partial charge < -0.3 is 107 Å². The Balaban J connectivity index is -0.000000287. The van der Waals surface area contributed by atoms with Gasteiger partial charge in [0.05, 0.1) is 19.8 Å². The lowest BCUT2D eigenvalue weighted by Crippen LogP contribution is -2.46. The molecular formula is C51H121N3O21Si6. The fourth-order valence-corrected chi connectivity index (χ4v) is 17.2. The van der Waals surface area contributed by atoms with E-state index in [1.54, 1.807) is 112 Å². The first kappa shape index (κ1) is 89.1. The van der Waals surface area contributed by atoms with Crippen molar-refractivity contribution >= 4 is 58.6 Å². The minimum Gasteiger partial charge on any atom is -0.462 e. The van der Waals surface area contributed by atoms with Crippen LogP contribution in [0.5, 0.6) is 0 Å². The molecule has 6 N–H and O–H groups in total. The van der Waals surface area contributed by atoms with Crippen LogP contribution in [0.25, 0.3) is 0 Å². The number of carbonyl (C=O) groups excluding carboxylic acids is 1. The van der Waals surface area contributed by atoms with Gasteiger partial charge in [-0.1, -0.05) is 45.3 Å². The molecule has 0 aromatic heterocycles. The van der Waals surface area contributed by atoms with Gasteiger partial charge in [0.2, 0.25) is 0 Å². The lowest BCUT2D eigenvalue weighted by atomic mass is 10.2. The molecule has 0 aromatic rings. The summed E-state index contributed by atoms with van der Waals surface area (Å²) in [5.41, 5.74) is 18.3. The minimum atomic E-state index is -2.53. The molecule has 0 amide bonds. The van der Waals surface area contributed by atoms with Crippen molar-refractivity contribution in [1.82, 2.24) is 0 Å². The Morgan fingerprint density at radius 2 is 0.815 bits per heavy atom. The van der Waals surface area contributed by atoms with Gasteiger partial charge in [-0.05, 0) is 104 Å². The maximum absolute atomic E-state index is 11.1. The van der Waals surface area contributed by atoms with E-state index in [-0.39, 0.29) is 5.97 Å². The molecule has 490 valence electrons. The quantitative estimate of drug-likeness (QED) is 0.0177. The SMILES string of the molecule is C=C(C)C(=O)OCCC[Si](OC)(OC)OC.C=C[Si](OC)(OC)OC.CCO[Si](CCCN)(OCC)OCC.CO[Si](C)(CCCCCCN)OC.CO[Si](CCCCCCN)(OC)OC.CO[Si](CCCOCC1CO1)(OC)OC. The smallest absolute Gasteiger partial charge is 0.462 e. The van der Waals surface area contributed by atoms with Crippen LogP contribution < -0.4 is 17.2 Å². The Labute approximate surface area is 498 Å². The Kier molecular flexibility index (Phi) is 64.3. The Bertz CT molecular complexity index is 1340. The summed E-state index contributed by atoms with van der Waals surface area (Å²) in [6.45, 7) is 23.3. The average Bonchev–Trinajstić information content (AvgIpc) is 4.33. The summed E-state index contributed by atoms with van der Waals surface area (Å²) in [6.07, 6.45) is 12.1. The third kappa shape index (κ3) is 46.2. The molecular weight excluding hydrogens is 1160 g/mol. The fourth-order valence-electron chi connectivity index (χ4n) is 6.91. The molecule has 1 rings (SSSR count). The molecule has 0 aliphatic carbocycles. The summed E-state index contributed by atoms with van der Waals surface area (Å²) in [7, 11) is 8.77. The van der Waals surface area contributed by atoms with Crippen molar-refractivity contribution in [2.24, 2.45) is 17.2 Å². The second-order valence-corrected chi connectivity index (χ2v) is 36.2. The number of nitrogens with two attached hydrogens (primary N) is 3. The molecule has 1 atom stereocenters. The minimum absolute atomic E-state index is 0.316. The Morgan fingerprint density at radius 3 is 1.10 bits per heavy atom. The van der Waals surface area contributed by atoms with Crippen molar-refractivity contribution in [2.75, 3.05) is 165 Å². The van der Waals surface area contributed by atoms with Gasteiger partial charge >= 0.3 is 58.6 Å². The number of rotatable bonds is 47. The molecule has 0 bridgehead atoms. The summed E-state index contributed by atoms with van der Waals surface area (Å²) >= 11 is 0. The highest BCUT2D eigenvalue weighted by Crippen LogP contribution is 2.20. The molecule has 1 aliphatic rings. The van der Waals surface area contributed by atoms with Crippen molar-refractivity contribution in [3.63, 3.8) is 0 Å². The lowest BCUT2D eigenvalue weighted by Gasteiger charge is -2.28. The van der Waals surface area contributed by atoms with Gasteiger partial charge in [0.15, 0.2) is 0 Å². The van der Waals surface area contributed by atoms with E-state index in [2.05, 4.69) is 19.7 Å². The number of hydrogen-bond donors (Lipinski definition) is 3. The standard InChI is InChI=1S/C10H20O5Si.2C9H23NO3Si.C9H23NO2Si.C9H20O5Si.C5H12O3Si/c1-9(2)10(11)15-7-6-8-16(12-3,13-4)14-5;1-11-14(12-2,13-3)9-7-5-4-6-8-10;1-4-11-14(12-5-2,13-6-3)9-7-8-10;1-11-13(3,12-2)9-7-5-4-6-8-10;1-10-15(11-2,12-3)6-4-5-13-7-9-8-14-9;1-5-9(6-2,7-3)8-4/h1,6-8H2,2-5H3;2*4-10H2,1-3H3;4-10H2,1-3H3;9H,4-8H2,1-3H3;5H,1H2,2-4H3. The topological polar surface area (TPSA) is 283 Å². The van der Waals surface area contributed by atoms with Gasteiger partial charge in [-0.15, -0.1) is 0 Å². The molecule has 30 heteroatoms. The summed E-state index contributed by atoms with van der Waals surface area (Å²) in [5, 5.41) is 0. The summed E-state index contributed by atoms with van der Waals surface area (Å²) in [4.78, 5) is 11.1. The van der Waals surface area contributed by atoms with Gasteiger partial charge in [-0.3, -0.25) is 0 Å². The first-order chi connectivity index (χ1) is 38.7. The number of carbonyl (C=O) groups is 1. The van der Waals surface area contributed by atoms with Gasteiger partial charge in [-0.2, -0.15) is 0 Å². The van der Waals surface area contributed by atoms with E-state index in [0.717, 1.165) is 76.0 Å². The predicted molar refractivity (Wildman–Crippen MR) is 332 cm³/mol. The highest BCUT2D eigenvalue weighted by atomic mass is 28.4. The first-order valence-electron chi connectivity index (χ1n) is 28.1. The first-order valence-corrected chi connectivity index (χ1v) is 40.1. The van der Waals surface area contributed by atoms with E-state index in [9.17, 15) is 4.79 Å². The molecule has 24 nitrogen and oxygen atoms in total. The molecule has 1 heterocycles. The van der Waals surface area contributed by atoms with E-state index < -0.39 is 52.6 Å². The Morgan fingerprint density at radius 1 is 0.481 bits per heavy atom. The van der Waals surface area contributed by atoms with E-state index in [1.807, 2.05) is 20.8 Å². The summed E-state index contributed by atoms with van der Waals surface area (Å²) in [5.74, 6) is -0.375. The second-order valence-electron chi connectivity index (χ2n) is 17.8. The maximum atomic E-state index is 11.1. The van der Waals surface area contributed by atoms with Gasteiger partial charge in [0.1, 0.15) is 6.10 Å². The van der Waals surface area contributed by atoms with Gasteiger partial charge in [0, 0.05) is 156 Å². The Hall–Kier alpha value is -0.629. The van der Waals surface area contributed by atoms with Crippen molar-refractivity contribution in [3.8, 4) is 0 Å². The van der Waals surface area contributed by atoms with Crippen molar-refractivity contribution in [1.29, 1.82) is 0 Å². The number of epoxide rings is 1. The molecule has 1 unspecified atom stereocenters. The molecule has 1 fully saturated rings. The number of esters is 1. The highest BCUT2D eigenvalue weighted by molar-refractivity contribution is 6.66. The summed E-state index contributed by atoms with van der Waals surface area (Å²) in [6, 6.07) is 4.19. The molecule has 0 saturated carbocycles.